The summed E-state index contributed by atoms with van der Waals surface area (Å²) in [6.07, 6.45) is 1.66. The van der Waals surface area contributed by atoms with E-state index in [1.54, 1.807) is 49.6 Å². The van der Waals surface area contributed by atoms with Gasteiger partial charge < -0.3 is 10.1 Å². The second-order valence-corrected chi connectivity index (χ2v) is 8.24. The zero-order chi connectivity index (χ0) is 21.5. The molecule has 156 valence electrons. The predicted molar refractivity (Wildman–Crippen MR) is 116 cm³/mol. The van der Waals surface area contributed by atoms with Crippen LogP contribution in [-0.4, -0.2) is 47.9 Å². The Balaban J connectivity index is 1.47. The lowest BCUT2D eigenvalue weighted by Gasteiger charge is -2.13. The lowest BCUT2D eigenvalue weighted by molar-refractivity contribution is -0.123. The number of methoxy groups -OCH3 is 1. The fourth-order valence-corrected chi connectivity index (χ4v) is 4.18. The Labute approximate surface area is 181 Å². The van der Waals surface area contributed by atoms with E-state index in [0.717, 1.165) is 27.1 Å². The van der Waals surface area contributed by atoms with E-state index in [1.165, 1.54) is 23.9 Å². The van der Waals surface area contributed by atoms with Crippen molar-refractivity contribution in [3.05, 3.63) is 64.8 Å². The number of carbonyl (C=O) groups is 3. The molecule has 30 heavy (non-hydrogen) atoms. The normalized spacial score (nSPS) is 15.0. The molecule has 0 aliphatic carbocycles. The van der Waals surface area contributed by atoms with Gasteiger partial charge in [-0.1, -0.05) is 12.1 Å². The van der Waals surface area contributed by atoms with Crippen molar-refractivity contribution >= 4 is 46.7 Å². The monoisotopic (exact) mass is 446 g/mol. The van der Waals surface area contributed by atoms with Crippen LogP contribution in [0.4, 0.5) is 9.18 Å². The number of benzene rings is 2. The van der Waals surface area contributed by atoms with Crippen molar-refractivity contribution in [1.82, 2.24) is 10.2 Å². The van der Waals surface area contributed by atoms with Crippen LogP contribution in [0.2, 0.25) is 0 Å². The second kappa shape index (κ2) is 10.3. The lowest BCUT2D eigenvalue weighted by atomic mass is 10.2. The van der Waals surface area contributed by atoms with Crippen LogP contribution < -0.4 is 10.1 Å². The molecule has 0 spiro atoms. The maximum Gasteiger partial charge on any atom is 0.293 e. The summed E-state index contributed by atoms with van der Waals surface area (Å²) in [7, 11) is 1.57. The van der Waals surface area contributed by atoms with Gasteiger partial charge in [0.25, 0.3) is 11.1 Å². The first-order valence-corrected chi connectivity index (χ1v) is 10.8. The quantitative estimate of drug-likeness (QED) is 0.491. The molecule has 1 aliphatic heterocycles. The Morgan fingerprint density at radius 2 is 1.87 bits per heavy atom. The van der Waals surface area contributed by atoms with Crippen LogP contribution in [0.5, 0.6) is 5.75 Å². The van der Waals surface area contributed by atoms with Gasteiger partial charge in [0.1, 0.15) is 11.6 Å². The fourth-order valence-electron chi connectivity index (χ4n) is 2.58. The van der Waals surface area contributed by atoms with E-state index in [9.17, 15) is 18.8 Å². The Morgan fingerprint density at radius 1 is 1.17 bits per heavy atom. The molecule has 1 N–H and O–H groups in total. The molecule has 1 saturated heterocycles. The first-order valence-electron chi connectivity index (χ1n) is 9.01. The molecule has 1 aliphatic rings. The summed E-state index contributed by atoms with van der Waals surface area (Å²) in [4.78, 5) is 38.9. The fraction of sp³-hybridized carbons (Fsp3) is 0.190. The Hall–Kier alpha value is -2.78. The molecule has 0 saturated carbocycles. The van der Waals surface area contributed by atoms with Crippen molar-refractivity contribution in [1.29, 1.82) is 0 Å². The Morgan fingerprint density at radius 3 is 2.53 bits per heavy atom. The Kier molecular flexibility index (Phi) is 7.53. The van der Waals surface area contributed by atoms with E-state index in [4.69, 9.17) is 4.74 Å². The number of carbonyl (C=O) groups excluding carboxylic acids is 3. The van der Waals surface area contributed by atoms with E-state index in [0.29, 0.717) is 10.7 Å². The maximum atomic E-state index is 12.9. The topological polar surface area (TPSA) is 75.7 Å². The highest BCUT2D eigenvalue weighted by Crippen LogP contribution is 2.32. The minimum absolute atomic E-state index is 0.0948. The van der Waals surface area contributed by atoms with E-state index >= 15 is 0 Å². The second-order valence-electron chi connectivity index (χ2n) is 6.20. The van der Waals surface area contributed by atoms with Gasteiger partial charge in [0.2, 0.25) is 5.91 Å². The van der Waals surface area contributed by atoms with E-state index in [2.05, 4.69) is 5.32 Å². The molecule has 6 nitrogen and oxygen atoms in total. The summed E-state index contributed by atoms with van der Waals surface area (Å²) in [6.45, 7) is 0.258. The van der Waals surface area contributed by atoms with Crippen LogP contribution in [0.15, 0.2) is 58.3 Å². The standard InChI is InChI=1S/C21H19FN2O4S2/c1-28-16-6-2-14(3-7-16)12-18-20(26)24(21(27)30-18)11-10-23-19(25)13-29-17-8-4-15(22)5-9-17/h2-9,12H,10-11,13H2,1H3,(H,23,25). The van der Waals surface area contributed by atoms with Gasteiger partial charge in [-0.15, -0.1) is 11.8 Å². The number of thioether (sulfide) groups is 2. The zero-order valence-electron chi connectivity index (χ0n) is 16.1. The van der Waals surface area contributed by atoms with Crippen LogP contribution in [0.3, 0.4) is 0 Å². The molecule has 0 aromatic heterocycles. The van der Waals surface area contributed by atoms with E-state index in [-0.39, 0.29) is 41.7 Å². The van der Waals surface area contributed by atoms with Crippen LogP contribution in [0.1, 0.15) is 5.56 Å². The van der Waals surface area contributed by atoms with Crippen molar-refractivity contribution in [3.8, 4) is 5.75 Å². The summed E-state index contributed by atoms with van der Waals surface area (Å²) >= 11 is 2.15. The first kappa shape index (κ1) is 21.9. The summed E-state index contributed by atoms with van der Waals surface area (Å²) in [5.41, 5.74) is 0.785. The molecular formula is C21H19FN2O4S2. The number of amides is 3. The molecule has 0 unspecified atom stereocenters. The number of hydrogen-bond acceptors (Lipinski definition) is 6. The van der Waals surface area contributed by atoms with Gasteiger partial charge >= 0.3 is 0 Å². The number of imide groups is 1. The summed E-state index contributed by atoms with van der Waals surface area (Å²) in [5.74, 6) is -0.0818. The number of ether oxygens (including phenoxy) is 1. The predicted octanol–water partition coefficient (Wildman–Crippen LogP) is 3.78. The SMILES string of the molecule is COc1ccc(C=C2SC(=O)N(CCNC(=O)CSc3ccc(F)cc3)C2=O)cc1. The highest BCUT2D eigenvalue weighted by molar-refractivity contribution is 8.18. The molecule has 9 heteroatoms. The van der Waals surface area contributed by atoms with Crippen LogP contribution >= 0.6 is 23.5 Å². The maximum absolute atomic E-state index is 12.9. The molecule has 0 bridgehead atoms. The number of nitrogens with zero attached hydrogens (tertiary/aromatic N) is 1. The minimum Gasteiger partial charge on any atom is -0.497 e. The molecule has 1 fully saturated rings. The number of hydrogen-bond donors (Lipinski definition) is 1. The molecule has 2 aromatic carbocycles. The smallest absolute Gasteiger partial charge is 0.293 e. The summed E-state index contributed by atoms with van der Waals surface area (Å²) in [6, 6.07) is 13.0. The van der Waals surface area contributed by atoms with Gasteiger partial charge in [0.15, 0.2) is 0 Å². The van der Waals surface area contributed by atoms with Gasteiger partial charge in [-0.3, -0.25) is 19.3 Å². The lowest BCUT2D eigenvalue weighted by Crippen LogP contribution is -2.37. The first-order chi connectivity index (χ1) is 14.5. The van der Waals surface area contributed by atoms with Crippen LogP contribution in [-0.2, 0) is 9.59 Å². The molecule has 0 radical (unpaired) electrons. The number of nitrogens with one attached hydrogen (secondary N) is 1. The number of halogens is 1. The van der Waals surface area contributed by atoms with Gasteiger partial charge in [-0.25, -0.2) is 4.39 Å². The molecule has 3 amide bonds. The molecule has 2 aromatic rings. The Bertz CT molecular complexity index is 962. The van der Waals surface area contributed by atoms with E-state index in [1.807, 2.05) is 0 Å². The largest absolute Gasteiger partial charge is 0.497 e. The molecule has 3 rings (SSSR count). The number of rotatable bonds is 8. The van der Waals surface area contributed by atoms with Crippen LogP contribution in [0.25, 0.3) is 6.08 Å². The van der Waals surface area contributed by atoms with Crippen LogP contribution in [0, 0.1) is 5.82 Å². The molecule has 1 heterocycles. The van der Waals surface area contributed by atoms with Gasteiger partial charge in [-0.2, -0.15) is 0 Å². The summed E-state index contributed by atoms with van der Waals surface area (Å²) < 4.78 is 18.0. The molecule has 0 atom stereocenters. The van der Waals surface area contributed by atoms with Crippen molar-refractivity contribution in [3.63, 3.8) is 0 Å². The van der Waals surface area contributed by atoms with Gasteiger partial charge in [-0.05, 0) is 59.8 Å². The van der Waals surface area contributed by atoms with Crippen molar-refractivity contribution in [2.24, 2.45) is 0 Å². The third kappa shape index (κ3) is 5.87. The minimum atomic E-state index is -0.379. The van der Waals surface area contributed by atoms with Gasteiger partial charge in [0.05, 0.1) is 17.8 Å². The van der Waals surface area contributed by atoms with Gasteiger partial charge in [0, 0.05) is 18.0 Å². The van der Waals surface area contributed by atoms with Crippen molar-refractivity contribution in [2.75, 3.05) is 26.0 Å². The van der Waals surface area contributed by atoms with E-state index < -0.39 is 0 Å². The highest BCUT2D eigenvalue weighted by atomic mass is 32.2. The van der Waals surface area contributed by atoms with Crippen molar-refractivity contribution < 1.29 is 23.5 Å². The highest BCUT2D eigenvalue weighted by Gasteiger charge is 2.34. The molecular weight excluding hydrogens is 427 g/mol. The van der Waals surface area contributed by atoms with Crippen molar-refractivity contribution in [2.45, 2.75) is 4.90 Å². The average Bonchev–Trinajstić information content (AvgIpc) is 3.01. The average molecular weight is 447 g/mol. The zero-order valence-corrected chi connectivity index (χ0v) is 17.7. The summed E-state index contributed by atoms with van der Waals surface area (Å²) in [5, 5.41) is 2.32. The third-order valence-electron chi connectivity index (χ3n) is 4.13. The third-order valence-corrected chi connectivity index (χ3v) is 6.05.